The molecule has 1 aliphatic heterocycles. The second kappa shape index (κ2) is 6.02. The molecule has 1 aromatic rings. The van der Waals surface area contributed by atoms with Gasteiger partial charge in [-0.15, -0.1) is 0 Å². The molecule has 1 aromatic heterocycles. The molecular formula is C13H18F3N3O2S. The third-order valence-corrected chi connectivity index (χ3v) is 5.50. The van der Waals surface area contributed by atoms with Crippen LogP contribution >= 0.6 is 0 Å². The van der Waals surface area contributed by atoms with Crippen LogP contribution in [0.2, 0.25) is 0 Å². The van der Waals surface area contributed by atoms with Crippen LogP contribution in [0.4, 0.5) is 13.2 Å². The van der Waals surface area contributed by atoms with E-state index in [1.54, 1.807) is 20.8 Å². The molecule has 9 heteroatoms. The quantitative estimate of drug-likeness (QED) is 0.828. The van der Waals surface area contributed by atoms with Crippen LogP contribution in [0.5, 0.6) is 0 Å². The summed E-state index contributed by atoms with van der Waals surface area (Å²) in [4.78, 5) is 13.8. The Labute approximate surface area is 128 Å². The molecule has 2 atom stereocenters. The van der Waals surface area contributed by atoms with Crippen LogP contribution in [0.1, 0.15) is 36.8 Å². The van der Waals surface area contributed by atoms with E-state index < -0.39 is 34.1 Å². The van der Waals surface area contributed by atoms with Crippen molar-refractivity contribution in [2.24, 2.45) is 0 Å². The third-order valence-electron chi connectivity index (χ3n) is 3.62. The van der Waals surface area contributed by atoms with Crippen molar-refractivity contribution >= 4 is 16.7 Å². The van der Waals surface area contributed by atoms with Gasteiger partial charge in [0.05, 0.1) is 5.56 Å². The minimum atomic E-state index is -4.68. The minimum Gasteiger partial charge on any atom is -0.336 e. The van der Waals surface area contributed by atoms with Crippen molar-refractivity contribution < 1.29 is 22.2 Å². The number of hydrogen-bond donors (Lipinski definition) is 0. The molecular weight excluding hydrogens is 319 g/mol. The maximum absolute atomic E-state index is 13.0. The second-order valence-electron chi connectivity index (χ2n) is 5.40. The van der Waals surface area contributed by atoms with Gasteiger partial charge in [-0.25, -0.2) is 0 Å². The lowest BCUT2D eigenvalue weighted by molar-refractivity contribution is -0.141. The third kappa shape index (κ3) is 3.18. The summed E-state index contributed by atoms with van der Waals surface area (Å²) in [5, 5.41) is 2.93. The molecule has 0 radical (unpaired) electrons. The van der Waals surface area contributed by atoms with Gasteiger partial charge in [-0.2, -0.15) is 18.3 Å². The van der Waals surface area contributed by atoms with Crippen molar-refractivity contribution in [2.75, 3.05) is 13.1 Å². The van der Waals surface area contributed by atoms with Crippen molar-refractivity contribution in [3.63, 3.8) is 0 Å². The fraction of sp³-hybridized carbons (Fsp3) is 0.692. The summed E-state index contributed by atoms with van der Waals surface area (Å²) in [6.07, 6.45) is -3.55. The van der Waals surface area contributed by atoms with Crippen LogP contribution in [0.25, 0.3) is 0 Å². The summed E-state index contributed by atoms with van der Waals surface area (Å²) in [6.45, 7) is 5.72. The summed E-state index contributed by atoms with van der Waals surface area (Å²) >= 11 is 0. The fourth-order valence-corrected chi connectivity index (χ4v) is 3.97. The molecule has 2 unspecified atom stereocenters. The van der Waals surface area contributed by atoms with Crippen molar-refractivity contribution in [1.29, 1.82) is 0 Å². The van der Waals surface area contributed by atoms with Gasteiger partial charge < -0.3 is 4.90 Å². The maximum atomic E-state index is 13.0. The Morgan fingerprint density at radius 3 is 2.36 bits per heavy atom. The molecule has 0 saturated carbocycles. The lowest BCUT2D eigenvalue weighted by atomic mass is 10.2. The maximum Gasteiger partial charge on any atom is 0.435 e. The molecule has 0 aliphatic carbocycles. The highest BCUT2D eigenvalue weighted by Crippen LogP contribution is 2.31. The second-order valence-corrected chi connectivity index (χ2v) is 7.67. The van der Waals surface area contributed by atoms with Crippen LogP contribution in [0.15, 0.2) is 6.20 Å². The lowest BCUT2D eigenvalue weighted by Gasteiger charge is -2.34. The molecule has 5 nitrogen and oxygen atoms in total. The van der Waals surface area contributed by atoms with E-state index in [9.17, 15) is 22.2 Å². The fourth-order valence-electron chi connectivity index (χ4n) is 2.52. The predicted octanol–water partition coefficient (Wildman–Crippen LogP) is 1.90. The predicted molar refractivity (Wildman–Crippen MR) is 75.9 cm³/mol. The molecule has 2 rings (SSSR count). The summed E-state index contributed by atoms with van der Waals surface area (Å²) in [5.41, 5.74) is -1.60. The van der Waals surface area contributed by atoms with Gasteiger partial charge in [0.15, 0.2) is 5.69 Å². The lowest BCUT2D eigenvalue weighted by Crippen LogP contribution is -2.49. The monoisotopic (exact) mass is 337 g/mol. The Hall–Kier alpha value is -1.38. The molecule has 124 valence electrons. The Balaban J connectivity index is 2.33. The van der Waals surface area contributed by atoms with Gasteiger partial charge in [-0.1, -0.05) is 0 Å². The number of aryl methyl sites for hydroxylation is 1. The van der Waals surface area contributed by atoms with Gasteiger partial charge >= 0.3 is 6.18 Å². The number of hydrogen-bond acceptors (Lipinski definition) is 3. The molecule has 0 aromatic carbocycles. The van der Waals surface area contributed by atoms with Crippen LogP contribution in [-0.2, 0) is 23.5 Å². The molecule has 22 heavy (non-hydrogen) atoms. The van der Waals surface area contributed by atoms with Gasteiger partial charge in [-0.05, 0) is 20.8 Å². The highest BCUT2D eigenvalue weighted by atomic mass is 32.2. The zero-order valence-electron chi connectivity index (χ0n) is 12.6. The van der Waals surface area contributed by atoms with Crippen molar-refractivity contribution in [3.8, 4) is 0 Å². The van der Waals surface area contributed by atoms with E-state index in [0.717, 1.165) is 10.9 Å². The van der Waals surface area contributed by atoms with Crippen molar-refractivity contribution in [2.45, 2.75) is 44.0 Å². The number of nitrogens with zero attached hydrogens (tertiary/aromatic N) is 3. The molecule has 0 N–H and O–H groups in total. The smallest absolute Gasteiger partial charge is 0.336 e. The van der Waals surface area contributed by atoms with Gasteiger partial charge in [0, 0.05) is 47.1 Å². The number of carbonyl (C=O) groups is 1. The Morgan fingerprint density at radius 1 is 1.36 bits per heavy atom. The zero-order valence-corrected chi connectivity index (χ0v) is 13.4. The molecule has 0 bridgehead atoms. The largest absolute Gasteiger partial charge is 0.435 e. The number of amides is 1. The van der Waals surface area contributed by atoms with E-state index >= 15 is 0 Å². The molecule has 2 heterocycles. The number of halogens is 3. The van der Waals surface area contributed by atoms with Crippen LogP contribution < -0.4 is 0 Å². The normalized spacial score (nSPS) is 26.3. The van der Waals surface area contributed by atoms with Gasteiger partial charge in [-0.3, -0.25) is 13.7 Å². The molecule has 1 fully saturated rings. The highest BCUT2D eigenvalue weighted by molar-refractivity contribution is 7.86. The Bertz CT molecular complexity index is 586. The molecule has 1 aliphatic rings. The first-order valence-electron chi connectivity index (χ1n) is 6.98. The summed E-state index contributed by atoms with van der Waals surface area (Å²) in [6, 6.07) is 0. The first-order chi connectivity index (χ1) is 10.1. The van der Waals surface area contributed by atoms with Crippen LogP contribution in [0.3, 0.4) is 0 Å². The van der Waals surface area contributed by atoms with E-state index in [4.69, 9.17) is 0 Å². The number of rotatable bonds is 2. The van der Waals surface area contributed by atoms with Gasteiger partial charge in [0.2, 0.25) is 0 Å². The zero-order chi connectivity index (χ0) is 16.7. The number of alkyl halides is 3. The van der Waals surface area contributed by atoms with Gasteiger partial charge in [0.1, 0.15) is 0 Å². The summed E-state index contributed by atoms with van der Waals surface area (Å²) in [5.74, 6) is -0.706. The molecule has 1 saturated heterocycles. The Kier molecular flexibility index (Phi) is 4.65. The van der Waals surface area contributed by atoms with E-state index in [1.165, 1.54) is 4.90 Å². The Morgan fingerprint density at radius 2 is 1.91 bits per heavy atom. The SMILES string of the molecule is CCn1cc(C(=O)N2CC(C)S(=O)C(C)C2)c(C(F)(F)F)n1. The summed E-state index contributed by atoms with van der Waals surface area (Å²) < 4.78 is 52.1. The van der Waals surface area contributed by atoms with Crippen molar-refractivity contribution in [1.82, 2.24) is 14.7 Å². The average Bonchev–Trinajstić information content (AvgIpc) is 2.87. The molecule has 0 spiro atoms. The standard InChI is InChI=1S/C13H18F3N3O2S/c1-4-19-7-10(11(17-19)13(14,15)16)12(20)18-5-8(2)22(21)9(3)6-18/h7-9H,4-6H2,1-3H3. The number of aromatic nitrogens is 2. The van der Waals surface area contributed by atoms with E-state index in [0.29, 0.717) is 0 Å². The molecule has 1 amide bonds. The first kappa shape index (κ1) is 17.0. The van der Waals surface area contributed by atoms with E-state index in [1.807, 2.05) is 0 Å². The van der Waals surface area contributed by atoms with Crippen LogP contribution in [-0.4, -0.2) is 48.4 Å². The summed E-state index contributed by atoms with van der Waals surface area (Å²) in [7, 11) is -1.08. The highest BCUT2D eigenvalue weighted by Gasteiger charge is 2.41. The minimum absolute atomic E-state index is 0.185. The topological polar surface area (TPSA) is 55.2 Å². The van der Waals surface area contributed by atoms with E-state index in [2.05, 4.69) is 5.10 Å². The van der Waals surface area contributed by atoms with E-state index in [-0.39, 0.29) is 30.1 Å². The first-order valence-corrected chi connectivity index (χ1v) is 8.26. The number of carbonyl (C=O) groups excluding carboxylic acids is 1. The average molecular weight is 337 g/mol. The van der Waals surface area contributed by atoms with Crippen molar-refractivity contribution in [3.05, 3.63) is 17.5 Å². The van der Waals surface area contributed by atoms with Crippen LogP contribution in [0, 0.1) is 0 Å². The van der Waals surface area contributed by atoms with Gasteiger partial charge in [0.25, 0.3) is 5.91 Å².